The zero-order valence-corrected chi connectivity index (χ0v) is 20.2. The lowest BCUT2D eigenvalue weighted by Crippen LogP contribution is -2.23. The van der Waals surface area contributed by atoms with E-state index in [0.717, 1.165) is 0 Å². The predicted octanol–water partition coefficient (Wildman–Crippen LogP) is 4.07. The summed E-state index contributed by atoms with van der Waals surface area (Å²) in [5.74, 6) is -0.165. The number of nitrogens with one attached hydrogen (secondary N) is 1. The van der Waals surface area contributed by atoms with Crippen LogP contribution in [-0.4, -0.2) is 23.0 Å². The number of pyridine rings is 1. The molecule has 0 amide bonds. The quantitative estimate of drug-likeness (QED) is 0.318. The highest BCUT2D eigenvalue weighted by molar-refractivity contribution is 7.92. The van der Waals surface area contributed by atoms with E-state index >= 15 is 0 Å². The van der Waals surface area contributed by atoms with Gasteiger partial charge in [0.15, 0.2) is 0 Å². The summed E-state index contributed by atoms with van der Waals surface area (Å²) in [6.07, 6.45) is 1.44. The predicted molar refractivity (Wildman–Crippen MR) is 142 cm³/mol. The van der Waals surface area contributed by atoms with Crippen LogP contribution >= 0.6 is 11.6 Å². The highest BCUT2D eigenvalue weighted by atomic mass is 35.5. The SMILES string of the molecule is Nc1ncc(-c2ccc3nc(N)n(-c4ccccc4Cl)c(=O)c3c2)cc1S(=O)(=O)Nc1ccccc1. The number of hydrogen-bond donors (Lipinski definition) is 3. The number of fused-ring (bicyclic) bond motifs is 1. The number of benzene rings is 3. The molecule has 0 radical (unpaired) electrons. The van der Waals surface area contributed by atoms with Crippen LogP contribution in [0.15, 0.2) is 94.7 Å². The van der Waals surface area contributed by atoms with Gasteiger partial charge in [-0.15, -0.1) is 0 Å². The second-order valence-corrected chi connectivity index (χ2v) is 9.93. The van der Waals surface area contributed by atoms with Gasteiger partial charge >= 0.3 is 0 Å². The number of anilines is 3. The molecule has 2 heterocycles. The van der Waals surface area contributed by atoms with Gasteiger partial charge in [0.25, 0.3) is 15.6 Å². The maximum atomic E-state index is 13.4. The average Bonchev–Trinajstić information content (AvgIpc) is 2.85. The van der Waals surface area contributed by atoms with Gasteiger partial charge in [0, 0.05) is 17.4 Å². The van der Waals surface area contributed by atoms with Gasteiger partial charge in [-0.05, 0) is 48.0 Å². The minimum Gasteiger partial charge on any atom is -0.383 e. The Morgan fingerprint density at radius 1 is 0.889 bits per heavy atom. The van der Waals surface area contributed by atoms with Crippen molar-refractivity contribution in [1.29, 1.82) is 0 Å². The first-order valence-electron chi connectivity index (χ1n) is 10.7. The Hall–Kier alpha value is -4.41. The average molecular weight is 519 g/mol. The van der Waals surface area contributed by atoms with Crippen LogP contribution in [0.3, 0.4) is 0 Å². The number of halogens is 1. The Morgan fingerprint density at radius 3 is 2.36 bits per heavy atom. The summed E-state index contributed by atoms with van der Waals surface area (Å²) >= 11 is 6.29. The molecule has 5 N–H and O–H groups in total. The number of para-hydroxylation sites is 2. The summed E-state index contributed by atoms with van der Waals surface area (Å²) in [5.41, 5.74) is 13.7. The number of nitrogens with two attached hydrogens (primary N) is 2. The third-order valence-corrected chi connectivity index (χ3v) is 7.25. The molecule has 36 heavy (non-hydrogen) atoms. The molecule has 0 aliphatic rings. The molecule has 0 spiro atoms. The molecule has 3 aromatic carbocycles. The van der Waals surface area contributed by atoms with Crippen LogP contribution in [0, 0.1) is 0 Å². The minimum atomic E-state index is -4.03. The molecule has 0 fully saturated rings. The maximum Gasteiger partial charge on any atom is 0.267 e. The van der Waals surface area contributed by atoms with E-state index in [4.69, 9.17) is 23.1 Å². The van der Waals surface area contributed by atoms with E-state index < -0.39 is 15.6 Å². The van der Waals surface area contributed by atoms with Crippen LogP contribution in [0.4, 0.5) is 17.5 Å². The summed E-state index contributed by atoms with van der Waals surface area (Å²) in [5, 5.41) is 0.609. The van der Waals surface area contributed by atoms with Gasteiger partial charge in [-0.25, -0.2) is 23.0 Å². The van der Waals surface area contributed by atoms with Crippen molar-refractivity contribution < 1.29 is 8.42 Å². The molecule has 180 valence electrons. The molecule has 0 saturated heterocycles. The van der Waals surface area contributed by atoms with Gasteiger partial charge in [0.2, 0.25) is 5.95 Å². The highest BCUT2D eigenvalue weighted by Gasteiger charge is 2.20. The van der Waals surface area contributed by atoms with Crippen LogP contribution in [0.25, 0.3) is 27.7 Å². The zero-order valence-electron chi connectivity index (χ0n) is 18.6. The van der Waals surface area contributed by atoms with Gasteiger partial charge in [-0.2, -0.15) is 0 Å². The second kappa shape index (κ2) is 8.99. The number of aromatic nitrogens is 3. The molecular formula is C25H19ClN6O3S. The first-order valence-corrected chi connectivity index (χ1v) is 12.5. The van der Waals surface area contributed by atoms with Crippen molar-refractivity contribution in [2.45, 2.75) is 4.90 Å². The molecule has 5 rings (SSSR count). The first kappa shape index (κ1) is 23.3. The molecule has 0 aliphatic carbocycles. The largest absolute Gasteiger partial charge is 0.383 e. The summed E-state index contributed by atoms with van der Waals surface area (Å²) in [4.78, 5) is 21.7. The fraction of sp³-hybridized carbons (Fsp3) is 0. The van der Waals surface area contributed by atoms with Crippen molar-refractivity contribution in [3.05, 3.63) is 100 Å². The highest BCUT2D eigenvalue weighted by Crippen LogP contribution is 2.29. The summed E-state index contributed by atoms with van der Waals surface area (Å²) in [7, 11) is -4.03. The lowest BCUT2D eigenvalue weighted by molar-refractivity contribution is 0.601. The Balaban J connectivity index is 1.62. The smallest absolute Gasteiger partial charge is 0.267 e. The van der Waals surface area contributed by atoms with Gasteiger partial charge in [-0.1, -0.05) is 48.0 Å². The van der Waals surface area contributed by atoms with Crippen LogP contribution < -0.4 is 21.7 Å². The number of nitrogen functional groups attached to an aromatic ring is 2. The number of sulfonamides is 1. The topological polar surface area (TPSA) is 146 Å². The van der Waals surface area contributed by atoms with Crippen molar-refractivity contribution in [3.8, 4) is 16.8 Å². The molecular weight excluding hydrogens is 500 g/mol. The Morgan fingerprint density at radius 2 is 1.61 bits per heavy atom. The van der Waals surface area contributed by atoms with Crippen molar-refractivity contribution in [3.63, 3.8) is 0 Å². The standard InChI is InChI=1S/C25H19ClN6O3S/c26-19-8-4-5-9-21(19)32-24(33)18-12-15(10-11-20(18)30-25(32)28)16-13-22(23(27)29-14-16)36(34,35)31-17-6-2-1-3-7-17/h1-14,31H,(H2,27,29)(H2,28,30). The van der Waals surface area contributed by atoms with E-state index in [9.17, 15) is 13.2 Å². The van der Waals surface area contributed by atoms with Crippen LogP contribution in [0.1, 0.15) is 0 Å². The molecule has 9 nitrogen and oxygen atoms in total. The van der Waals surface area contributed by atoms with Crippen molar-refractivity contribution >= 4 is 50.0 Å². The Kier molecular flexibility index (Phi) is 5.83. The summed E-state index contributed by atoms with van der Waals surface area (Å²) < 4.78 is 29.8. The molecule has 11 heteroatoms. The lowest BCUT2D eigenvalue weighted by Gasteiger charge is -2.13. The molecule has 0 saturated carbocycles. The lowest BCUT2D eigenvalue weighted by atomic mass is 10.1. The van der Waals surface area contributed by atoms with E-state index in [0.29, 0.717) is 33.0 Å². The van der Waals surface area contributed by atoms with Crippen LogP contribution in [0.2, 0.25) is 5.02 Å². The third kappa shape index (κ3) is 4.23. The maximum absolute atomic E-state index is 13.4. The third-order valence-electron chi connectivity index (χ3n) is 5.52. The first-order chi connectivity index (χ1) is 17.2. The Bertz CT molecular complexity index is 1790. The number of rotatable bonds is 5. The molecule has 0 atom stereocenters. The van der Waals surface area contributed by atoms with E-state index in [1.165, 1.54) is 16.8 Å². The molecule has 0 aliphatic heterocycles. The molecule has 0 unspecified atom stereocenters. The normalized spacial score (nSPS) is 11.5. The monoisotopic (exact) mass is 518 g/mol. The molecule has 0 bridgehead atoms. The summed E-state index contributed by atoms with van der Waals surface area (Å²) in [6, 6.07) is 21.6. The van der Waals surface area contributed by atoms with Crippen molar-refractivity contribution in [1.82, 2.24) is 14.5 Å². The van der Waals surface area contributed by atoms with E-state index in [1.807, 2.05) is 0 Å². The zero-order chi connectivity index (χ0) is 25.4. The number of hydrogen-bond acceptors (Lipinski definition) is 7. The van der Waals surface area contributed by atoms with Crippen molar-refractivity contribution in [2.75, 3.05) is 16.2 Å². The minimum absolute atomic E-state index is 0.0112. The van der Waals surface area contributed by atoms with Gasteiger partial charge in [0.1, 0.15) is 10.7 Å². The number of nitrogens with zero attached hydrogens (tertiary/aromatic N) is 3. The van der Waals surface area contributed by atoms with E-state index in [2.05, 4.69) is 14.7 Å². The Labute approximate surface area is 211 Å². The van der Waals surface area contributed by atoms with Gasteiger partial charge in [0.05, 0.1) is 21.6 Å². The van der Waals surface area contributed by atoms with E-state index in [1.54, 1.807) is 72.8 Å². The van der Waals surface area contributed by atoms with Crippen LogP contribution in [-0.2, 0) is 10.0 Å². The fourth-order valence-electron chi connectivity index (χ4n) is 3.79. The van der Waals surface area contributed by atoms with Gasteiger partial charge < -0.3 is 11.5 Å². The van der Waals surface area contributed by atoms with Gasteiger partial charge in [-0.3, -0.25) is 9.52 Å². The van der Waals surface area contributed by atoms with Crippen molar-refractivity contribution in [2.24, 2.45) is 0 Å². The second-order valence-electron chi connectivity index (χ2n) is 7.87. The fourth-order valence-corrected chi connectivity index (χ4v) is 5.18. The van der Waals surface area contributed by atoms with Crippen LogP contribution in [0.5, 0.6) is 0 Å². The summed E-state index contributed by atoms with van der Waals surface area (Å²) in [6.45, 7) is 0. The molecule has 2 aromatic heterocycles. The van der Waals surface area contributed by atoms with E-state index in [-0.39, 0.29) is 22.0 Å². The molecule has 5 aromatic rings.